The zero-order chi connectivity index (χ0) is 16.8. The summed E-state index contributed by atoms with van der Waals surface area (Å²) in [5.74, 6) is -0.0383. The second kappa shape index (κ2) is 13.7. The molecule has 0 heterocycles. The largest absolute Gasteiger partial charge is 0.345 e. The highest BCUT2D eigenvalue weighted by Crippen LogP contribution is 2.05. The lowest BCUT2D eigenvalue weighted by atomic mass is 10.0. The molecule has 6 nitrogen and oxygen atoms in total. The van der Waals surface area contributed by atoms with Crippen molar-refractivity contribution in [2.24, 2.45) is 0 Å². The Balaban J connectivity index is 4.23. The minimum Gasteiger partial charge on any atom is -0.345 e. The molecule has 1 amide bonds. The van der Waals surface area contributed by atoms with Crippen molar-refractivity contribution in [3.05, 3.63) is 0 Å². The maximum Gasteiger partial charge on any atom is 0.237 e. The molecule has 4 N–H and O–H groups in total. The van der Waals surface area contributed by atoms with Crippen molar-refractivity contribution in [2.75, 3.05) is 34.2 Å². The van der Waals surface area contributed by atoms with Gasteiger partial charge in [0, 0.05) is 0 Å². The Bertz CT molecular complexity index is 311. The van der Waals surface area contributed by atoms with Gasteiger partial charge in [-0.2, -0.15) is 0 Å². The molecule has 0 aromatic rings. The van der Waals surface area contributed by atoms with Crippen LogP contribution in [0, 0.1) is 0 Å². The molecule has 2 atom stereocenters. The SMILES string of the molecule is CNCCCC[C@H](NC(=O)[C@H](CCCCNC)NC)C(C)=O. The van der Waals surface area contributed by atoms with E-state index < -0.39 is 0 Å². The summed E-state index contributed by atoms with van der Waals surface area (Å²) in [6.07, 6.45) is 5.45. The van der Waals surface area contributed by atoms with Gasteiger partial charge in [-0.15, -0.1) is 0 Å². The van der Waals surface area contributed by atoms with Gasteiger partial charge in [0.2, 0.25) is 5.91 Å². The van der Waals surface area contributed by atoms with Crippen LogP contribution in [0.2, 0.25) is 0 Å². The first kappa shape index (κ1) is 21.0. The molecule has 0 unspecified atom stereocenters. The maximum atomic E-state index is 12.3. The fraction of sp³-hybridized carbons (Fsp3) is 0.875. The molecular formula is C16H34N4O2. The lowest BCUT2D eigenvalue weighted by molar-refractivity contribution is -0.128. The van der Waals surface area contributed by atoms with Crippen molar-refractivity contribution in [1.82, 2.24) is 21.3 Å². The van der Waals surface area contributed by atoms with Crippen molar-refractivity contribution in [3.63, 3.8) is 0 Å². The number of amides is 1. The topological polar surface area (TPSA) is 82.3 Å². The zero-order valence-electron chi connectivity index (χ0n) is 14.6. The van der Waals surface area contributed by atoms with Crippen LogP contribution in [0.25, 0.3) is 0 Å². The van der Waals surface area contributed by atoms with Gasteiger partial charge in [0.1, 0.15) is 0 Å². The Morgan fingerprint density at radius 1 is 0.818 bits per heavy atom. The summed E-state index contributed by atoms with van der Waals surface area (Å²) in [4.78, 5) is 24.0. The molecule has 0 fully saturated rings. The normalized spacial score (nSPS) is 13.6. The summed E-state index contributed by atoms with van der Waals surface area (Å²) in [6.45, 7) is 3.44. The molecule has 130 valence electrons. The van der Waals surface area contributed by atoms with Crippen LogP contribution in [0.3, 0.4) is 0 Å². The Hall–Kier alpha value is -0.980. The second-order valence-corrected chi connectivity index (χ2v) is 5.71. The van der Waals surface area contributed by atoms with E-state index in [-0.39, 0.29) is 23.8 Å². The van der Waals surface area contributed by atoms with E-state index in [1.165, 1.54) is 0 Å². The summed E-state index contributed by atoms with van der Waals surface area (Å²) in [7, 11) is 5.63. The molecule has 0 bridgehead atoms. The van der Waals surface area contributed by atoms with E-state index in [2.05, 4.69) is 21.3 Å². The van der Waals surface area contributed by atoms with Gasteiger partial charge in [-0.1, -0.05) is 6.42 Å². The van der Waals surface area contributed by atoms with Gasteiger partial charge in [0.05, 0.1) is 12.1 Å². The van der Waals surface area contributed by atoms with E-state index in [1.807, 2.05) is 14.1 Å². The van der Waals surface area contributed by atoms with Gasteiger partial charge in [-0.25, -0.2) is 0 Å². The molecule has 0 radical (unpaired) electrons. The molecule has 0 spiro atoms. The molecule has 0 saturated heterocycles. The van der Waals surface area contributed by atoms with Crippen LogP contribution >= 0.6 is 0 Å². The Morgan fingerprint density at radius 3 is 1.73 bits per heavy atom. The van der Waals surface area contributed by atoms with Crippen molar-refractivity contribution in [3.8, 4) is 0 Å². The zero-order valence-corrected chi connectivity index (χ0v) is 14.6. The van der Waals surface area contributed by atoms with Gasteiger partial charge in [-0.3, -0.25) is 9.59 Å². The quantitative estimate of drug-likeness (QED) is 0.350. The Morgan fingerprint density at radius 2 is 1.32 bits per heavy atom. The van der Waals surface area contributed by atoms with E-state index in [1.54, 1.807) is 14.0 Å². The predicted octanol–water partition coefficient (Wildman–Crippen LogP) is 0.428. The first-order valence-electron chi connectivity index (χ1n) is 8.34. The highest BCUT2D eigenvalue weighted by molar-refractivity contribution is 5.89. The fourth-order valence-electron chi connectivity index (χ4n) is 2.36. The van der Waals surface area contributed by atoms with Gasteiger partial charge in [-0.05, 0) is 73.3 Å². The van der Waals surface area contributed by atoms with Crippen LogP contribution in [0.4, 0.5) is 0 Å². The van der Waals surface area contributed by atoms with Crippen LogP contribution in [0.5, 0.6) is 0 Å². The molecular weight excluding hydrogens is 280 g/mol. The first-order valence-corrected chi connectivity index (χ1v) is 8.34. The average molecular weight is 314 g/mol. The summed E-state index contributed by atoms with van der Waals surface area (Å²) < 4.78 is 0. The van der Waals surface area contributed by atoms with Gasteiger partial charge in [0.15, 0.2) is 5.78 Å². The molecule has 6 heteroatoms. The molecule has 0 aliphatic heterocycles. The Kier molecular flexibility index (Phi) is 13.1. The lowest BCUT2D eigenvalue weighted by Gasteiger charge is -2.21. The third-order valence-corrected chi connectivity index (χ3v) is 3.81. The molecule has 0 aromatic carbocycles. The number of carbonyl (C=O) groups excluding carboxylic acids is 2. The van der Waals surface area contributed by atoms with E-state index >= 15 is 0 Å². The number of hydrogen-bond donors (Lipinski definition) is 4. The summed E-state index contributed by atoms with van der Waals surface area (Å²) in [5.41, 5.74) is 0. The number of unbranched alkanes of at least 4 members (excludes halogenated alkanes) is 2. The molecule has 0 aromatic heterocycles. The van der Waals surface area contributed by atoms with Gasteiger partial charge < -0.3 is 21.3 Å². The third kappa shape index (κ3) is 9.87. The number of Topliss-reactive ketones (excluding diaryl/α,β-unsaturated/α-hetero) is 1. The first-order chi connectivity index (χ1) is 10.6. The lowest BCUT2D eigenvalue weighted by Crippen LogP contribution is -2.49. The monoisotopic (exact) mass is 314 g/mol. The van der Waals surface area contributed by atoms with Crippen LogP contribution in [0.15, 0.2) is 0 Å². The third-order valence-electron chi connectivity index (χ3n) is 3.81. The van der Waals surface area contributed by atoms with Crippen LogP contribution in [-0.2, 0) is 9.59 Å². The van der Waals surface area contributed by atoms with E-state index in [9.17, 15) is 9.59 Å². The smallest absolute Gasteiger partial charge is 0.237 e. The maximum absolute atomic E-state index is 12.3. The highest BCUT2D eigenvalue weighted by atomic mass is 16.2. The van der Waals surface area contributed by atoms with Crippen LogP contribution in [0.1, 0.15) is 45.4 Å². The number of carbonyl (C=O) groups is 2. The minimum absolute atomic E-state index is 0.0304. The number of ketones is 1. The predicted molar refractivity (Wildman–Crippen MR) is 91.0 cm³/mol. The van der Waals surface area contributed by atoms with E-state index in [4.69, 9.17) is 0 Å². The second-order valence-electron chi connectivity index (χ2n) is 5.71. The average Bonchev–Trinajstić information content (AvgIpc) is 2.50. The van der Waals surface area contributed by atoms with E-state index in [0.29, 0.717) is 6.42 Å². The molecule has 22 heavy (non-hydrogen) atoms. The van der Waals surface area contributed by atoms with Crippen molar-refractivity contribution >= 4 is 11.7 Å². The van der Waals surface area contributed by atoms with E-state index in [0.717, 1.165) is 45.2 Å². The number of nitrogens with one attached hydrogen (secondary N) is 4. The number of hydrogen-bond acceptors (Lipinski definition) is 5. The van der Waals surface area contributed by atoms with Gasteiger partial charge >= 0.3 is 0 Å². The van der Waals surface area contributed by atoms with Crippen molar-refractivity contribution in [2.45, 2.75) is 57.5 Å². The van der Waals surface area contributed by atoms with Crippen molar-refractivity contribution < 1.29 is 9.59 Å². The summed E-state index contributed by atoms with van der Waals surface area (Å²) >= 11 is 0. The fourth-order valence-corrected chi connectivity index (χ4v) is 2.36. The molecule has 0 aliphatic carbocycles. The Labute approximate surface area is 135 Å². The van der Waals surface area contributed by atoms with Crippen LogP contribution in [-0.4, -0.2) is 58.0 Å². The number of likely N-dealkylation sites (N-methyl/N-ethyl adjacent to an activating group) is 1. The van der Waals surface area contributed by atoms with Crippen molar-refractivity contribution in [1.29, 1.82) is 0 Å². The summed E-state index contributed by atoms with van der Waals surface area (Å²) in [6, 6.07) is -0.589. The summed E-state index contributed by atoms with van der Waals surface area (Å²) in [5, 5.41) is 12.1. The molecule has 0 aliphatic rings. The molecule has 0 rings (SSSR count). The minimum atomic E-state index is -0.363. The highest BCUT2D eigenvalue weighted by Gasteiger charge is 2.21. The van der Waals surface area contributed by atoms with Gasteiger partial charge in [0.25, 0.3) is 0 Å². The standard InChI is InChI=1S/C16H34N4O2/c1-13(21)14(9-5-7-11-17-2)20-16(22)15(19-4)10-6-8-12-18-3/h14-15,17-19H,5-12H2,1-4H3,(H,20,22)/t14-,15-/m0/s1. The number of rotatable bonds is 14. The molecule has 0 saturated carbocycles. The van der Waals surface area contributed by atoms with Crippen LogP contribution < -0.4 is 21.3 Å².